The molecule has 39 nitrogen and oxygen atoms in total. The molecule has 5 fully saturated rings. The maximum Gasteiger partial charge on any atom is 0.407 e. The Morgan fingerprint density at radius 3 is 1.31 bits per heavy atom. The van der Waals surface area contributed by atoms with Crippen LogP contribution < -0.4 is 31.9 Å². The third-order valence-electron chi connectivity index (χ3n) is 18.6. The molecular formula is C79H91N9O30. The number of epoxide rings is 1. The van der Waals surface area contributed by atoms with E-state index in [0.717, 1.165) is 41.5 Å². The summed E-state index contributed by atoms with van der Waals surface area (Å²) in [5.41, 5.74) is 12.5. The fourth-order valence-electron chi connectivity index (χ4n) is 13.4. The van der Waals surface area contributed by atoms with E-state index >= 15 is 4.79 Å². The molecule has 1 aliphatic carbocycles. The lowest BCUT2D eigenvalue weighted by atomic mass is 9.82. The first-order chi connectivity index (χ1) is 56.8. The van der Waals surface area contributed by atoms with Crippen molar-refractivity contribution < 1.29 is 143 Å². The number of azide groups is 1. The van der Waals surface area contributed by atoms with E-state index < -0.39 is 227 Å². The number of carbonyl (C=O) groups is 12. The van der Waals surface area contributed by atoms with E-state index in [0.29, 0.717) is 27.8 Å². The predicted molar refractivity (Wildman–Crippen MR) is 399 cm³/mol. The van der Waals surface area contributed by atoms with E-state index in [1.165, 1.54) is 0 Å². The number of rotatable bonds is 35. The second kappa shape index (κ2) is 43.6. The van der Waals surface area contributed by atoms with Gasteiger partial charge in [0.25, 0.3) is 5.91 Å². The van der Waals surface area contributed by atoms with E-state index in [4.69, 9.17) is 85.3 Å². The van der Waals surface area contributed by atoms with Crippen LogP contribution in [0.4, 0.5) is 24.0 Å². The van der Waals surface area contributed by atoms with Gasteiger partial charge in [0.15, 0.2) is 49.4 Å². The molecule has 5 aromatic rings. The van der Waals surface area contributed by atoms with Crippen molar-refractivity contribution in [2.45, 2.75) is 210 Å². The number of esters is 6. The smallest absolute Gasteiger partial charge is 0.407 e. The molecule has 0 bridgehead atoms. The van der Waals surface area contributed by atoms with Crippen LogP contribution in [0.2, 0.25) is 0 Å². The van der Waals surface area contributed by atoms with E-state index in [-0.39, 0.29) is 39.6 Å². The quantitative estimate of drug-likeness (QED) is 0.00714. The van der Waals surface area contributed by atoms with Gasteiger partial charge in [-0.3, -0.25) is 33.6 Å². The van der Waals surface area contributed by atoms with Crippen LogP contribution in [0.3, 0.4) is 0 Å². The van der Waals surface area contributed by atoms with Gasteiger partial charge >= 0.3 is 66.3 Å². The highest BCUT2D eigenvalue weighted by Gasteiger charge is 2.63. The van der Waals surface area contributed by atoms with E-state index in [1.807, 2.05) is 0 Å². The van der Waals surface area contributed by atoms with Gasteiger partial charge in [0.2, 0.25) is 0 Å². The van der Waals surface area contributed by atoms with Crippen molar-refractivity contribution in [1.29, 1.82) is 0 Å². The summed E-state index contributed by atoms with van der Waals surface area (Å²) >= 11 is 0. The minimum Gasteiger partial charge on any atom is -0.463 e. The number of alkyl carbamates (subject to hydrolysis) is 5. The van der Waals surface area contributed by atoms with Gasteiger partial charge in [-0.25, -0.2) is 24.0 Å². The van der Waals surface area contributed by atoms with Gasteiger partial charge in [-0.2, -0.15) is 0 Å². The van der Waals surface area contributed by atoms with Gasteiger partial charge in [-0.15, -0.1) is 0 Å². The maximum atomic E-state index is 15.1. The number of nitrogens with one attached hydrogen (secondary N) is 6. The Bertz CT molecular complexity index is 4280. The normalized spacial score (nSPS) is 26.1. The van der Waals surface area contributed by atoms with Gasteiger partial charge in [0.05, 0.1) is 31.3 Å². The van der Waals surface area contributed by atoms with Gasteiger partial charge in [0.1, 0.15) is 94.5 Å². The monoisotopic (exact) mass is 1650 g/mol. The minimum atomic E-state index is -2.19. The van der Waals surface area contributed by atoms with Crippen LogP contribution in [0.25, 0.3) is 10.4 Å². The fourth-order valence-corrected chi connectivity index (χ4v) is 13.4. The highest BCUT2D eigenvalue weighted by atomic mass is 16.8. The molecule has 0 radical (unpaired) electrons. The summed E-state index contributed by atoms with van der Waals surface area (Å²) in [4.78, 5) is 168. The number of carbonyl (C=O) groups excluding carboxylic acids is 12. The van der Waals surface area contributed by atoms with Crippen LogP contribution >= 0.6 is 0 Å². The van der Waals surface area contributed by atoms with Crippen molar-refractivity contribution in [2.75, 3.05) is 26.2 Å². The van der Waals surface area contributed by atoms with Crippen LogP contribution in [0, 0.1) is 0 Å². The summed E-state index contributed by atoms with van der Waals surface area (Å²) in [7, 11) is 0. The second-order valence-corrected chi connectivity index (χ2v) is 27.5. The third kappa shape index (κ3) is 26.7. The van der Waals surface area contributed by atoms with Crippen LogP contribution in [0.15, 0.2) is 157 Å². The number of ether oxygens (including phenoxy) is 18. The third-order valence-corrected chi connectivity index (χ3v) is 18.6. The molecule has 5 aromatic carbocycles. The van der Waals surface area contributed by atoms with E-state index in [9.17, 15) is 58.3 Å². The van der Waals surface area contributed by atoms with E-state index in [2.05, 4.69) is 41.9 Å². The molecular weight excluding hydrogens is 1550 g/mol. The number of fused-ring (bicyclic) bond motifs is 1. The lowest BCUT2D eigenvalue weighted by Gasteiger charge is -2.48. The molecule has 1 saturated carbocycles. The van der Waals surface area contributed by atoms with Crippen molar-refractivity contribution in [3.05, 3.63) is 190 Å². The fraction of sp³-hybridized carbons (Fsp3) is 0.468. The Balaban J connectivity index is 1.07. The molecule has 20 atom stereocenters. The van der Waals surface area contributed by atoms with Crippen LogP contribution in [-0.4, -0.2) is 221 Å². The van der Waals surface area contributed by atoms with Crippen LogP contribution in [0.1, 0.15) is 82.2 Å². The maximum absolute atomic E-state index is 15.1. The summed E-state index contributed by atoms with van der Waals surface area (Å²) in [6.07, 6.45) is -34.3. The lowest BCUT2D eigenvalue weighted by Crippen LogP contribution is -2.69. The summed E-state index contributed by atoms with van der Waals surface area (Å²) in [5, 5.41) is 19.6. The highest BCUT2D eigenvalue weighted by molar-refractivity contribution is 5.84. The Labute approximate surface area is 675 Å². The Morgan fingerprint density at radius 2 is 0.814 bits per heavy atom. The number of hydrogen-bond donors (Lipinski definition) is 6. The first-order valence-corrected chi connectivity index (χ1v) is 37.5. The zero-order chi connectivity index (χ0) is 84.2. The topological polar surface area (TPSA) is 495 Å². The lowest BCUT2D eigenvalue weighted by molar-refractivity contribution is -0.294. The van der Waals surface area contributed by atoms with Gasteiger partial charge < -0.3 is 117 Å². The van der Waals surface area contributed by atoms with E-state index in [1.54, 1.807) is 152 Å². The Hall–Kier alpha value is -12.2. The number of amides is 6. The van der Waals surface area contributed by atoms with Gasteiger partial charge in [0, 0.05) is 59.4 Å². The molecule has 39 heteroatoms. The molecule has 4 aliphatic heterocycles. The molecule has 6 N–H and O–H groups in total. The standard InChI is InChI=1S/C79H91N9O30/c1-43(89)101-42-59-66(117-73-60(86-78(99)105-40-52-28-18-10-19-29-52)67(110-47(5)93)64(109-46(4)92)57(112-73)35-82-76(97)103-38-50-24-14-8-15-25-50)70(111-48(6)94)74(114-59)118-69-62(108-45(3)91)54(84-71(95)56(107-44(2)90)32-33-81-75(96)102-37-49-22-12-7-13-23-49)34-55(85-77(98)104-39-51-26-16-9-17-27-51)63(69)116-72-61(68-65(115-68)58(113-72)36-83-88-80)87-79(100)106-41-53-30-20-11-21-31-53/h7-31,54-70,72-74H,32-42H2,1-6H3,(H,81,96)(H,82,97)(H,84,95)(H,85,98)(H,86,99)(H,87,100)/t54-,55+,56+,57+,58-,59-,60-,61-,62+,63-,64-,65+,66-,67-,68-,69-,70-,72-,73-,74+/m1/s1. The molecule has 6 amide bonds. The molecule has 0 unspecified atom stereocenters. The predicted octanol–water partition coefficient (Wildman–Crippen LogP) is 5.63. The molecule has 118 heavy (non-hydrogen) atoms. The first kappa shape index (κ1) is 88.1. The molecule has 0 spiro atoms. The molecule has 4 heterocycles. The number of benzene rings is 5. The Morgan fingerprint density at radius 1 is 0.398 bits per heavy atom. The summed E-state index contributed by atoms with van der Waals surface area (Å²) in [6.45, 7) is 2.43. The van der Waals surface area contributed by atoms with Crippen molar-refractivity contribution in [3.8, 4) is 0 Å². The van der Waals surface area contributed by atoms with Crippen LogP contribution in [-0.2, 0) is 152 Å². The zero-order valence-corrected chi connectivity index (χ0v) is 64.8. The SMILES string of the molecule is CC(=O)OC[C@H]1O[C@@H](O[C@@H]2[C@@H](OC(C)=O)[C@H](NC(=O)[C@H](CCNC(=O)OCc3ccccc3)OC(C)=O)C[C@H](NC(=O)OCc3ccccc3)[C@H]2O[C@H]2O[C@H](CN=[N+]=[N-])[C@@H]3O[C@@H]3[C@H]2NC(=O)OCc2ccccc2)[C@H](OC(C)=O)[C@@H]1O[C@H]1O[C@@H](CNC(=O)OCc2ccccc2)[C@@H](OC(C)=O)[C@H](OC(C)=O)[C@H]1NC(=O)OCc1ccccc1. The molecule has 4 saturated heterocycles. The molecule has 632 valence electrons. The minimum absolute atomic E-state index is 0.138. The Kier molecular flexibility index (Phi) is 32.6. The van der Waals surface area contributed by atoms with Crippen molar-refractivity contribution >= 4 is 72.2 Å². The molecule has 10 rings (SSSR count). The zero-order valence-electron chi connectivity index (χ0n) is 64.8. The number of nitrogens with zero attached hydrogens (tertiary/aromatic N) is 3. The van der Waals surface area contributed by atoms with Gasteiger partial charge in [-0.1, -0.05) is 157 Å². The summed E-state index contributed by atoms with van der Waals surface area (Å²) in [6, 6.07) is 36.0. The average Bonchev–Trinajstić information content (AvgIpc) is 1.55. The summed E-state index contributed by atoms with van der Waals surface area (Å²) in [5.74, 6) is -7.21. The first-order valence-electron chi connectivity index (χ1n) is 37.5. The second-order valence-electron chi connectivity index (χ2n) is 27.5. The van der Waals surface area contributed by atoms with Crippen molar-refractivity contribution in [2.24, 2.45) is 5.11 Å². The largest absolute Gasteiger partial charge is 0.463 e. The highest BCUT2D eigenvalue weighted by Crippen LogP contribution is 2.42. The van der Waals surface area contributed by atoms with Crippen molar-refractivity contribution in [3.63, 3.8) is 0 Å². The molecule has 0 aromatic heterocycles. The average molecular weight is 1650 g/mol. The molecule has 5 aliphatic rings. The van der Waals surface area contributed by atoms with Crippen molar-refractivity contribution in [1.82, 2.24) is 31.9 Å². The summed E-state index contributed by atoms with van der Waals surface area (Å²) < 4.78 is 110. The van der Waals surface area contributed by atoms with Crippen LogP contribution in [0.5, 0.6) is 0 Å². The number of hydrogen-bond acceptors (Lipinski definition) is 31. The van der Waals surface area contributed by atoms with Gasteiger partial charge in [-0.05, 0) is 39.8 Å².